The fraction of sp³-hybridized carbons (Fsp3) is 0.647. The maximum atomic E-state index is 12.5. The van der Waals surface area contributed by atoms with Crippen LogP contribution in [0.3, 0.4) is 0 Å². The van der Waals surface area contributed by atoms with Crippen LogP contribution in [0.15, 0.2) is 28.7 Å². The lowest BCUT2D eigenvalue weighted by Crippen LogP contribution is -2.36. The van der Waals surface area contributed by atoms with Crippen LogP contribution in [0.1, 0.15) is 51.6 Å². The molecular weight excluding hydrogens is 378 g/mol. The second-order valence-corrected chi connectivity index (χ2v) is 9.53. The average molecular weight is 404 g/mol. The largest absolute Gasteiger partial charge is 0.353 e. The van der Waals surface area contributed by atoms with Gasteiger partial charge in [-0.15, -0.1) is 0 Å². The number of rotatable bonds is 6. The molecule has 1 fully saturated rings. The summed E-state index contributed by atoms with van der Waals surface area (Å²) in [4.78, 5) is 0. The van der Waals surface area contributed by atoms with Crippen molar-refractivity contribution in [1.82, 2.24) is 4.72 Å². The highest BCUT2D eigenvalue weighted by molar-refractivity contribution is 9.10. The Morgan fingerprint density at radius 1 is 1.30 bits per heavy atom. The molecule has 0 saturated carbocycles. The van der Waals surface area contributed by atoms with Crippen molar-refractivity contribution in [1.29, 1.82) is 0 Å². The van der Waals surface area contributed by atoms with Crippen LogP contribution in [0.2, 0.25) is 0 Å². The molecule has 1 saturated heterocycles. The molecule has 130 valence electrons. The van der Waals surface area contributed by atoms with Crippen molar-refractivity contribution in [3.8, 4) is 0 Å². The van der Waals surface area contributed by atoms with Crippen molar-refractivity contribution >= 4 is 26.9 Å². The molecule has 1 heterocycles. The molecule has 0 aromatic heterocycles. The Balaban J connectivity index is 2.07. The molecule has 1 aliphatic heterocycles. The van der Waals surface area contributed by atoms with Crippen molar-refractivity contribution in [2.45, 2.75) is 57.1 Å². The topological polar surface area (TPSA) is 47.6 Å². The van der Waals surface area contributed by atoms with Gasteiger partial charge in [-0.05, 0) is 45.2 Å². The number of hydrogen-bond donors (Lipinski definition) is 1. The Bertz CT molecular complexity index is 527. The third-order valence-electron chi connectivity index (χ3n) is 3.67. The highest BCUT2D eigenvalue weighted by Crippen LogP contribution is 2.29. The quantitative estimate of drug-likeness (QED) is 0.777. The molecule has 0 aliphatic carbocycles. The lowest BCUT2D eigenvalue weighted by molar-refractivity contribution is -0.182. The van der Waals surface area contributed by atoms with E-state index in [0.717, 1.165) is 42.5 Å². The fourth-order valence-corrected chi connectivity index (χ4v) is 3.77. The van der Waals surface area contributed by atoms with E-state index in [2.05, 4.69) is 26.7 Å². The summed E-state index contributed by atoms with van der Waals surface area (Å²) in [6, 6.07) is 8.04. The Morgan fingerprint density at radius 3 is 2.57 bits per heavy atom. The molecular formula is C17H26BrNO3S. The van der Waals surface area contributed by atoms with E-state index in [0.29, 0.717) is 0 Å². The summed E-state index contributed by atoms with van der Waals surface area (Å²) in [6.45, 7) is 7.43. The Labute approximate surface area is 150 Å². The van der Waals surface area contributed by atoms with Crippen molar-refractivity contribution in [3.05, 3.63) is 34.3 Å². The van der Waals surface area contributed by atoms with Crippen LogP contribution in [0.4, 0.5) is 0 Å². The van der Waals surface area contributed by atoms with Gasteiger partial charge in [-0.1, -0.05) is 34.1 Å². The maximum Gasteiger partial charge on any atom is 0.157 e. The van der Waals surface area contributed by atoms with E-state index in [1.54, 1.807) is 0 Å². The van der Waals surface area contributed by atoms with Crippen LogP contribution in [0, 0.1) is 0 Å². The van der Waals surface area contributed by atoms with Gasteiger partial charge in [0.1, 0.15) is 0 Å². The third-order valence-corrected chi connectivity index (χ3v) is 6.01. The van der Waals surface area contributed by atoms with Crippen molar-refractivity contribution in [2.24, 2.45) is 0 Å². The van der Waals surface area contributed by atoms with Gasteiger partial charge in [0.05, 0.1) is 28.9 Å². The Kier molecular flexibility index (Phi) is 7.22. The van der Waals surface area contributed by atoms with Gasteiger partial charge in [-0.25, -0.2) is 8.93 Å². The molecule has 6 heteroatoms. The van der Waals surface area contributed by atoms with Gasteiger partial charge in [-0.3, -0.25) is 0 Å². The molecule has 1 aromatic carbocycles. The monoisotopic (exact) mass is 403 g/mol. The van der Waals surface area contributed by atoms with Crippen LogP contribution in [0.5, 0.6) is 0 Å². The van der Waals surface area contributed by atoms with Gasteiger partial charge in [0.25, 0.3) is 0 Å². The minimum Gasteiger partial charge on any atom is -0.353 e. The van der Waals surface area contributed by atoms with Crippen molar-refractivity contribution in [3.63, 3.8) is 0 Å². The SMILES string of the molecule is CC(C)(C)[S@](=O)N[C@@H](CCC1OCCCO1)c1ccccc1Br. The summed E-state index contributed by atoms with van der Waals surface area (Å²) in [5.41, 5.74) is 1.11. The van der Waals surface area contributed by atoms with E-state index in [-0.39, 0.29) is 17.1 Å². The predicted octanol–water partition coefficient (Wildman–Crippen LogP) is 4.09. The van der Waals surface area contributed by atoms with E-state index in [9.17, 15) is 4.21 Å². The number of ether oxygens (including phenoxy) is 2. The van der Waals surface area contributed by atoms with E-state index in [1.807, 2.05) is 39.0 Å². The summed E-state index contributed by atoms with van der Waals surface area (Å²) < 4.78 is 27.8. The fourth-order valence-electron chi connectivity index (χ4n) is 2.35. The number of benzene rings is 1. The van der Waals surface area contributed by atoms with Crippen LogP contribution in [0.25, 0.3) is 0 Å². The van der Waals surface area contributed by atoms with E-state index in [1.165, 1.54) is 0 Å². The molecule has 0 unspecified atom stereocenters. The zero-order valence-electron chi connectivity index (χ0n) is 14.0. The maximum absolute atomic E-state index is 12.5. The first-order valence-corrected chi connectivity index (χ1v) is 9.98. The van der Waals surface area contributed by atoms with E-state index < -0.39 is 11.0 Å². The molecule has 1 N–H and O–H groups in total. The molecule has 0 spiro atoms. The van der Waals surface area contributed by atoms with Gasteiger partial charge >= 0.3 is 0 Å². The van der Waals surface area contributed by atoms with Crippen LogP contribution in [-0.4, -0.2) is 28.5 Å². The molecule has 1 aromatic rings. The second kappa shape index (κ2) is 8.72. The molecule has 2 atom stereocenters. The molecule has 1 aliphatic rings. The summed E-state index contributed by atoms with van der Waals surface area (Å²) in [7, 11) is -1.14. The average Bonchev–Trinajstić information content (AvgIpc) is 2.52. The minimum atomic E-state index is -1.14. The van der Waals surface area contributed by atoms with Crippen LogP contribution < -0.4 is 4.72 Å². The Hall–Kier alpha value is -0.270. The standard InChI is InChI=1S/C17H26BrNO3S/c1-17(2,3)23(20)19-15(13-7-4-5-8-14(13)18)9-10-16-21-11-6-12-22-16/h4-5,7-8,15-16,19H,6,9-12H2,1-3H3/t15-,23-/m0/s1. The lowest BCUT2D eigenvalue weighted by Gasteiger charge is -2.28. The number of halogens is 1. The van der Waals surface area contributed by atoms with Gasteiger partial charge < -0.3 is 9.47 Å². The third kappa shape index (κ3) is 5.94. The zero-order valence-corrected chi connectivity index (χ0v) is 16.4. The molecule has 2 rings (SSSR count). The molecule has 0 bridgehead atoms. The summed E-state index contributed by atoms with van der Waals surface area (Å²) >= 11 is 3.60. The van der Waals surface area contributed by atoms with Gasteiger partial charge in [0.15, 0.2) is 6.29 Å². The van der Waals surface area contributed by atoms with Gasteiger partial charge in [0.2, 0.25) is 0 Å². The second-order valence-electron chi connectivity index (χ2n) is 6.68. The summed E-state index contributed by atoms with van der Waals surface area (Å²) in [5.74, 6) is 0. The van der Waals surface area contributed by atoms with Crippen molar-refractivity contribution in [2.75, 3.05) is 13.2 Å². The zero-order chi connectivity index (χ0) is 16.9. The molecule has 4 nitrogen and oxygen atoms in total. The normalized spacial score (nSPS) is 19.5. The molecule has 23 heavy (non-hydrogen) atoms. The first-order valence-electron chi connectivity index (χ1n) is 8.03. The smallest absolute Gasteiger partial charge is 0.157 e. The van der Waals surface area contributed by atoms with Crippen LogP contribution >= 0.6 is 15.9 Å². The highest BCUT2D eigenvalue weighted by atomic mass is 79.9. The van der Waals surface area contributed by atoms with E-state index >= 15 is 0 Å². The Morgan fingerprint density at radius 2 is 1.96 bits per heavy atom. The van der Waals surface area contributed by atoms with Gasteiger partial charge in [-0.2, -0.15) is 0 Å². The summed E-state index contributed by atoms with van der Waals surface area (Å²) in [6.07, 6.45) is 2.38. The predicted molar refractivity (Wildman–Crippen MR) is 97.5 cm³/mol. The number of nitrogens with one attached hydrogen (secondary N) is 1. The van der Waals surface area contributed by atoms with Gasteiger partial charge in [0, 0.05) is 16.9 Å². The first-order chi connectivity index (χ1) is 10.9. The van der Waals surface area contributed by atoms with Crippen molar-refractivity contribution < 1.29 is 13.7 Å². The summed E-state index contributed by atoms with van der Waals surface area (Å²) in [5, 5.41) is 0. The van der Waals surface area contributed by atoms with E-state index in [4.69, 9.17) is 9.47 Å². The van der Waals surface area contributed by atoms with Crippen LogP contribution in [-0.2, 0) is 20.5 Å². The number of hydrogen-bond acceptors (Lipinski definition) is 3. The lowest BCUT2D eigenvalue weighted by atomic mass is 10.0. The molecule has 0 radical (unpaired) electrons. The highest BCUT2D eigenvalue weighted by Gasteiger charge is 2.26. The minimum absolute atomic E-state index is 0.0141. The first kappa shape index (κ1) is 19.1. The molecule has 0 amide bonds.